The molecule has 0 radical (unpaired) electrons. The molecule has 178 valence electrons. The molecule has 1 aliphatic rings. The molecule has 1 heterocycles. The van der Waals surface area contributed by atoms with Gasteiger partial charge < -0.3 is 4.74 Å². The van der Waals surface area contributed by atoms with E-state index in [9.17, 15) is 26.9 Å². The molecule has 12 heteroatoms. The number of fused-ring (bicyclic) bond motifs is 1. The Morgan fingerprint density at radius 3 is 2.38 bits per heavy atom. The Balaban J connectivity index is 1.63. The van der Waals surface area contributed by atoms with Gasteiger partial charge in [0.1, 0.15) is 5.75 Å². The standard InChI is InChI=1S/C22H21N3O7S2/c1-32-19-8-10-20(11-9-19)34(30,31)24-13-3-4-16-14-17(7-12-22(16)24)23-33(28,29)21-6-2-5-18(15-21)25(26)27/h2,5-12,14-15,23H,3-4,13H2,1H3. The van der Waals surface area contributed by atoms with Crippen molar-refractivity contribution in [1.82, 2.24) is 0 Å². The van der Waals surface area contributed by atoms with Gasteiger partial charge in [-0.05, 0) is 66.9 Å². The number of hydrogen-bond donors (Lipinski definition) is 1. The third-order valence-electron chi connectivity index (χ3n) is 5.39. The fraction of sp³-hybridized carbons (Fsp3) is 0.182. The minimum atomic E-state index is -4.09. The van der Waals surface area contributed by atoms with Crippen molar-refractivity contribution in [2.45, 2.75) is 22.6 Å². The molecule has 0 saturated carbocycles. The van der Waals surface area contributed by atoms with Crippen molar-refractivity contribution in [3.05, 3.63) is 82.4 Å². The Kier molecular flexibility index (Phi) is 6.19. The summed E-state index contributed by atoms with van der Waals surface area (Å²) < 4.78 is 60.8. The first-order valence-electron chi connectivity index (χ1n) is 10.2. The molecule has 3 aromatic rings. The van der Waals surface area contributed by atoms with Crippen molar-refractivity contribution in [3.8, 4) is 5.75 Å². The highest BCUT2D eigenvalue weighted by molar-refractivity contribution is 7.93. The molecule has 0 atom stereocenters. The summed E-state index contributed by atoms with van der Waals surface area (Å²) in [5.41, 5.74) is 1.03. The van der Waals surface area contributed by atoms with Crippen LogP contribution in [0.15, 0.2) is 76.5 Å². The number of nitrogens with zero attached hydrogens (tertiary/aromatic N) is 2. The third-order valence-corrected chi connectivity index (χ3v) is 8.60. The Bertz CT molecular complexity index is 1450. The van der Waals surface area contributed by atoms with E-state index >= 15 is 0 Å². The number of hydrogen-bond acceptors (Lipinski definition) is 7. The fourth-order valence-electron chi connectivity index (χ4n) is 3.73. The zero-order valence-electron chi connectivity index (χ0n) is 18.0. The van der Waals surface area contributed by atoms with Crippen molar-refractivity contribution in [2.24, 2.45) is 0 Å². The minimum absolute atomic E-state index is 0.122. The number of rotatable bonds is 7. The second-order valence-electron chi connectivity index (χ2n) is 7.56. The highest BCUT2D eigenvalue weighted by Crippen LogP contribution is 2.34. The largest absolute Gasteiger partial charge is 0.497 e. The molecule has 0 aliphatic carbocycles. The zero-order chi connectivity index (χ0) is 24.5. The number of nitro groups is 1. The number of ether oxygens (including phenoxy) is 1. The molecule has 0 aromatic heterocycles. The zero-order valence-corrected chi connectivity index (χ0v) is 19.7. The summed E-state index contributed by atoms with van der Waals surface area (Å²) >= 11 is 0. The summed E-state index contributed by atoms with van der Waals surface area (Å²) in [5.74, 6) is 0.540. The van der Waals surface area contributed by atoms with E-state index in [2.05, 4.69) is 4.72 Å². The van der Waals surface area contributed by atoms with E-state index in [0.717, 1.165) is 6.07 Å². The van der Waals surface area contributed by atoms with E-state index in [-0.39, 0.29) is 21.2 Å². The topological polar surface area (TPSA) is 136 Å². The van der Waals surface area contributed by atoms with Gasteiger partial charge in [0.15, 0.2) is 0 Å². The van der Waals surface area contributed by atoms with Crippen LogP contribution in [-0.2, 0) is 26.5 Å². The summed E-state index contributed by atoms with van der Waals surface area (Å²) in [6.07, 6.45) is 1.12. The summed E-state index contributed by atoms with van der Waals surface area (Å²) in [6.45, 7) is 0.292. The van der Waals surface area contributed by atoms with Crippen molar-refractivity contribution in [3.63, 3.8) is 0 Å². The molecule has 0 fully saturated rings. The van der Waals surface area contributed by atoms with Gasteiger partial charge in [-0.3, -0.25) is 19.1 Å². The predicted molar refractivity (Wildman–Crippen MR) is 126 cm³/mol. The Morgan fingerprint density at radius 1 is 0.971 bits per heavy atom. The van der Waals surface area contributed by atoms with Crippen LogP contribution in [0.3, 0.4) is 0 Å². The summed E-state index contributed by atoms with van der Waals surface area (Å²) in [7, 11) is -6.42. The van der Waals surface area contributed by atoms with Gasteiger partial charge in [-0.15, -0.1) is 0 Å². The van der Waals surface area contributed by atoms with E-state index in [1.807, 2.05) is 0 Å². The molecular weight excluding hydrogens is 482 g/mol. The van der Waals surface area contributed by atoms with Gasteiger partial charge in [-0.25, -0.2) is 16.8 Å². The smallest absolute Gasteiger partial charge is 0.270 e. The summed E-state index contributed by atoms with van der Waals surface area (Å²) in [6, 6.07) is 15.4. The molecular formula is C22H21N3O7S2. The average Bonchev–Trinajstić information content (AvgIpc) is 2.83. The van der Waals surface area contributed by atoms with E-state index in [1.54, 1.807) is 24.3 Å². The number of benzene rings is 3. The molecule has 0 unspecified atom stereocenters. The predicted octanol–water partition coefficient (Wildman–Crippen LogP) is 3.55. The SMILES string of the molecule is COc1ccc(S(=O)(=O)N2CCCc3cc(NS(=O)(=O)c4cccc([N+](=O)[O-])c4)ccc32)cc1. The van der Waals surface area contributed by atoms with Crippen molar-refractivity contribution < 1.29 is 26.5 Å². The normalized spacial score (nSPS) is 13.7. The van der Waals surface area contributed by atoms with Crippen LogP contribution in [-0.4, -0.2) is 35.4 Å². The van der Waals surface area contributed by atoms with Gasteiger partial charge in [-0.2, -0.15) is 0 Å². The molecule has 3 aromatic carbocycles. The number of non-ortho nitro benzene ring substituents is 1. The number of anilines is 2. The lowest BCUT2D eigenvalue weighted by atomic mass is 10.0. The molecule has 0 saturated heterocycles. The summed E-state index contributed by atoms with van der Waals surface area (Å²) in [5, 5.41) is 11.0. The first-order chi connectivity index (χ1) is 16.1. The number of nitrogens with one attached hydrogen (secondary N) is 1. The molecule has 4 rings (SSSR count). The lowest BCUT2D eigenvalue weighted by molar-refractivity contribution is -0.385. The lowest BCUT2D eigenvalue weighted by Gasteiger charge is -2.31. The van der Waals surface area contributed by atoms with Crippen LogP contribution in [0.2, 0.25) is 0 Å². The Morgan fingerprint density at radius 2 is 1.71 bits per heavy atom. The molecule has 1 N–H and O–H groups in total. The first kappa shape index (κ1) is 23.5. The molecule has 0 amide bonds. The van der Waals surface area contributed by atoms with Gasteiger partial charge in [0.05, 0.1) is 27.5 Å². The van der Waals surface area contributed by atoms with Crippen LogP contribution >= 0.6 is 0 Å². The van der Waals surface area contributed by atoms with E-state index in [1.165, 1.54) is 47.8 Å². The fourth-order valence-corrected chi connectivity index (χ4v) is 6.36. The van der Waals surface area contributed by atoms with Crippen molar-refractivity contribution in [1.29, 1.82) is 0 Å². The lowest BCUT2D eigenvalue weighted by Crippen LogP contribution is -2.35. The van der Waals surface area contributed by atoms with Gasteiger partial charge >= 0.3 is 0 Å². The van der Waals surface area contributed by atoms with E-state index in [4.69, 9.17) is 4.74 Å². The van der Waals surface area contributed by atoms with Gasteiger partial charge in [-0.1, -0.05) is 6.07 Å². The average molecular weight is 504 g/mol. The van der Waals surface area contributed by atoms with Crippen LogP contribution in [0.1, 0.15) is 12.0 Å². The Labute approximate surface area is 197 Å². The molecule has 0 bridgehead atoms. The third kappa shape index (κ3) is 4.54. The molecule has 34 heavy (non-hydrogen) atoms. The highest BCUT2D eigenvalue weighted by Gasteiger charge is 2.29. The summed E-state index contributed by atoms with van der Waals surface area (Å²) in [4.78, 5) is 10.2. The van der Waals surface area contributed by atoms with E-state index in [0.29, 0.717) is 36.4 Å². The maximum absolute atomic E-state index is 13.3. The number of methoxy groups -OCH3 is 1. The van der Waals surface area contributed by atoms with Crippen LogP contribution in [0.4, 0.5) is 17.1 Å². The van der Waals surface area contributed by atoms with E-state index < -0.39 is 25.0 Å². The van der Waals surface area contributed by atoms with Crippen molar-refractivity contribution in [2.75, 3.05) is 22.7 Å². The number of nitro benzene ring substituents is 1. The molecule has 1 aliphatic heterocycles. The first-order valence-corrected chi connectivity index (χ1v) is 13.1. The highest BCUT2D eigenvalue weighted by atomic mass is 32.2. The van der Waals surface area contributed by atoms with Crippen LogP contribution in [0, 0.1) is 10.1 Å². The minimum Gasteiger partial charge on any atom is -0.497 e. The second-order valence-corrected chi connectivity index (χ2v) is 11.1. The van der Waals surface area contributed by atoms with Crippen LogP contribution in [0.5, 0.6) is 5.75 Å². The second kappa shape index (κ2) is 8.95. The number of sulfonamides is 2. The van der Waals surface area contributed by atoms with Gasteiger partial charge in [0.25, 0.3) is 25.7 Å². The van der Waals surface area contributed by atoms with Gasteiger partial charge in [0, 0.05) is 24.4 Å². The molecule has 10 nitrogen and oxygen atoms in total. The quantitative estimate of drug-likeness (QED) is 0.385. The van der Waals surface area contributed by atoms with Gasteiger partial charge in [0.2, 0.25) is 0 Å². The van der Waals surface area contributed by atoms with Crippen LogP contribution < -0.4 is 13.8 Å². The molecule has 0 spiro atoms. The maximum atomic E-state index is 13.3. The van der Waals surface area contributed by atoms with Crippen LogP contribution in [0.25, 0.3) is 0 Å². The monoisotopic (exact) mass is 503 g/mol. The number of aryl methyl sites for hydroxylation is 1. The van der Waals surface area contributed by atoms with Crippen molar-refractivity contribution >= 4 is 37.1 Å². The maximum Gasteiger partial charge on any atom is 0.270 e. The Hall–Kier alpha value is -3.64.